The summed E-state index contributed by atoms with van der Waals surface area (Å²) >= 11 is 6.00. The highest BCUT2D eigenvalue weighted by Gasteiger charge is 2.11. The van der Waals surface area contributed by atoms with Crippen molar-refractivity contribution in [2.24, 2.45) is 0 Å². The molecule has 1 aromatic heterocycles. The summed E-state index contributed by atoms with van der Waals surface area (Å²) in [5.74, 6) is -0.505. The number of hydrogen-bond acceptors (Lipinski definition) is 3. The first-order chi connectivity index (χ1) is 12.5. The van der Waals surface area contributed by atoms with Crippen LogP contribution in [0.4, 0.5) is 5.69 Å². The number of rotatable bonds is 5. The molecule has 1 heterocycles. The molecule has 2 aromatic carbocycles. The van der Waals surface area contributed by atoms with Gasteiger partial charge in [-0.15, -0.1) is 0 Å². The number of amides is 1. The number of para-hydroxylation sites is 1. The molecule has 0 aliphatic heterocycles. The molecule has 0 fully saturated rings. The van der Waals surface area contributed by atoms with Crippen LogP contribution in [0.25, 0.3) is 0 Å². The lowest BCUT2D eigenvalue weighted by Gasteiger charge is -2.11. The first-order valence-electron chi connectivity index (χ1n) is 7.93. The van der Waals surface area contributed by atoms with Gasteiger partial charge in [-0.3, -0.25) is 18.7 Å². The number of nitrogens with one attached hydrogen (secondary N) is 1. The Hall–Kier alpha value is -3.12. The molecule has 7 heteroatoms. The predicted molar refractivity (Wildman–Crippen MR) is 101 cm³/mol. The normalized spacial score (nSPS) is 10.5. The van der Waals surface area contributed by atoms with Crippen LogP contribution in [0, 0.1) is 0 Å². The monoisotopic (exact) mass is 369 g/mol. The number of carbonyl (C=O) groups is 1. The zero-order chi connectivity index (χ0) is 18.5. The van der Waals surface area contributed by atoms with Gasteiger partial charge in [-0.1, -0.05) is 54.1 Å². The first-order valence-corrected chi connectivity index (χ1v) is 8.31. The maximum absolute atomic E-state index is 12.6. The number of nitrogens with zero attached hydrogens (tertiary/aromatic N) is 2. The van der Waals surface area contributed by atoms with Crippen LogP contribution in [0.2, 0.25) is 5.02 Å². The molecule has 0 radical (unpaired) electrons. The van der Waals surface area contributed by atoms with E-state index in [0.29, 0.717) is 17.3 Å². The Morgan fingerprint density at radius 2 is 1.65 bits per heavy atom. The van der Waals surface area contributed by atoms with Gasteiger partial charge < -0.3 is 5.32 Å². The van der Waals surface area contributed by atoms with Crippen LogP contribution in [0.15, 0.2) is 76.4 Å². The smallest absolute Gasteiger partial charge is 0.323 e. The van der Waals surface area contributed by atoms with Crippen LogP contribution in [-0.2, 0) is 17.9 Å². The number of aromatic nitrogens is 2. The average Bonchev–Trinajstić information content (AvgIpc) is 2.64. The third-order valence-corrected chi connectivity index (χ3v) is 4.11. The molecule has 3 rings (SSSR count). The van der Waals surface area contributed by atoms with Crippen LogP contribution < -0.4 is 16.6 Å². The lowest BCUT2D eigenvalue weighted by atomic mass is 10.2. The zero-order valence-electron chi connectivity index (χ0n) is 13.8. The van der Waals surface area contributed by atoms with Crippen LogP contribution >= 0.6 is 11.6 Å². The Labute approximate surface area is 154 Å². The molecule has 0 bridgehead atoms. The summed E-state index contributed by atoms with van der Waals surface area (Å²) in [5.41, 5.74) is 0.261. The van der Waals surface area contributed by atoms with Crippen LogP contribution in [0.3, 0.4) is 0 Å². The second-order valence-electron chi connectivity index (χ2n) is 5.66. The van der Waals surface area contributed by atoms with Gasteiger partial charge in [-0.25, -0.2) is 4.79 Å². The van der Waals surface area contributed by atoms with Crippen molar-refractivity contribution in [3.63, 3.8) is 0 Å². The molecule has 0 aliphatic rings. The molecule has 6 nitrogen and oxygen atoms in total. The van der Waals surface area contributed by atoms with Gasteiger partial charge in [0.05, 0.1) is 17.3 Å². The van der Waals surface area contributed by atoms with Crippen molar-refractivity contribution in [2.45, 2.75) is 13.1 Å². The van der Waals surface area contributed by atoms with Crippen molar-refractivity contribution in [2.75, 3.05) is 5.32 Å². The Kier molecular flexibility index (Phi) is 5.34. The van der Waals surface area contributed by atoms with Gasteiger partial charge in [0, 0.05) is 12.3 Å². The summed E-state index contributed by atoms with van der Waals surface area (Å²) < 4.78 is 2.29. The third kappa shape index (κ3) is 4.10. The van der Waals surface area contributed by atoms with Gasteiger partial charge in [0.2, 0.25) is 5.91 Å². The number of anilines is 1. The summed E-state index contributed by atoms with van der Waals surface area (Å²) in [6.07, 6.45) is 1.43. The second kappa shape index (κ2) is 7.84. The molecule has 0 unspecified atom stereocenters. The molecule has 0 spiro atoms. The van der Waals surface area contributed by atoms with E-state index in [-0.39, 0.29) is 0 Å². The van der Waals surface area contributed by atoms with E-state index in [1.807, 2.05) is 30.3 Å². The highest BCUT2D eigenvalue weighted by Crippen LogP contribution is 2.20. The Morgan fingerprint density at radius 3 is 2.38 bits per heavy atom. The number of halogens is 1. The molecule has 0 saturated heterocycles. The largest absolute Gasteiger partial charge is 0.331 e. The third-order valence-electron chi connectivity index (χ3n) is 3.79. The lowest BCUT2D eigenvalue weighted by Crippen LogP contribution is -2.41. The van der Waals surface area contributed by atoms with Crippen LogP contribution in [0.5, 0.6) is 0 Å². The molecule has 0 atom stereocenters. The maximum atomic E-state index is 12.6. The fourth-order valence-electron chi connectivity index (χ4n) is 2.50. The molecule has 0 aliphatic carbocycles. The van der Waals surface area contributed by atoms with Crippen LogP contribution in [0.1, 0.15) is 5.56 Å². The van der Waals surface area contributed by atoms with E-state index in [4.69, 9.17) is 11.6 Å². The summed E-state index contributed by atoms with van der Waals surface area (Å²) in [5, 5.41) is 2.98. The molecule has 1 N–H and O–H groups in total. The van der Waals surface area contributed by atoms with Crippen molar-refractivity contribution in [1.29, 1.82) is 0 Å². The van der Waals surface area contributed by atoms with E-state index >= 15 is 0 Å². The van der Waals surface area contributed by atoms with E-state index in [0.717, 1.165) is 10.1 Å². The van der Waals surface area contributed by atoms with E-state index in [9.17, 15) is 14.4 Å². The van der Waals surface area contributed by atoms with E-state index in [1.165, 1.54) is 16.8 Å². The van der Waals surface area contributed by atoms with Gasteiger partial charge in [-0.05, 0) is 17.7 Å². The lowest BCUT2D eigenvalue weighted by molar-refractivity contribution is -0.116. The Balaban J connectivity index is 1.82. The van der Waals surface area contributed by atoms with Gasteiger partial charge in [0.15, 0.2) is 0 Å². The minimum absolute atomic E-state index is 0.312. The SMILES string of the molecule is O=C(Cn1c(=O)ccn(Cc2ccccc2)c1=O)Nc1ccccc1Cl. The molecule has 26 heavy (non-hydrogen) atoms. The molecule has 0 saturated carbocycles. The molecule has 3 aromatic rings. The quantitative estimate of drug-likeness (QED) is 0.750. The van der Waals surface area contributed by atoms with Crippen LogP contribution in [-0.4, -0.2) is 15.0 Å². The number of carbonyl (C=O) groups excluding carboxylic acids is 1. The minimum Gasteiger partial charge on any atom is -0.323 e. The number of benzene rings is 2. The van der Waals surface area contributed by atoms with Gasteiger partial charge >= 0.3 is 5.69 Å². The average molecular weight is 370 g/mol. The van der Waals surface area contributed by atoms with Crippen molar-refractivity contribution < 1.29 is 4.79 Å². The van der Waals surface area contributed by atoms with E-state index in [1.54, 1.807) is 24.3 Å². The summed E-state index contributed by atoms with van der Waals surface area (Å²) in [4.78, 5) is 36.8. The zero-order valence-corrected chi connectivity index (χ0v) is 14.5. The summed E-state index contributed by atoms with van der Waals surface area (Å²) in [7, 11) is 0. The predicted octanol–water partition coefficient (Wildman–Crippen LogP) is 2.35. The Bertz CT molecular complexity index is 1040. The fraction of sp³-hybridized carbons (Fsp3) is 0.105. The van der Waals surface area contributed by atoms with Crippen molar-refractivity contribution in [3.8, 4) is 0 Å². The van der Waals surface area contributed by atoms with Gasteiger partial charge in [0.25, 0.3) is 5.56 Å². The summed E-state index contributed by atoms with van der Waals surface area (Å²) in [6, 6.07) is 17.4. The minimum atomic E-state index is -0.546. The molecule has 1 amide bonds. The number of hydrogen-bond donors (Lipinski definition) is 1. The van der Waals surface area contributed by atoms with Crippen molar-refractivity contribution in [1.82, 2.24) is 9.13 Å². The fourth-order valence-corrected chi connectivity index (χ4v) is 2.68. The first kappa shape index (κ1) is 17.7. The molecular weight excluding hydrogens is 354 g/mol. The second-order valence-corrected chi connectivity index (χ2v) is 6.07. The molecule has 132 valence electrons. The maximum Gasteiger partial charge on any atom is 0.331 e. The highest BCUT2D eigenvalue weighted by atomic mass is 35.5. The van der Waals surface area contributed by atoms with Crippen molar-refractivity contribution in [3.05, 3.63) is 98.3 Å². The topological polar surface area (TPSA) is 73.1 Å². The molecular formula is C19H16ClN3O3. The van der Waals surface area contributed by atoms with E-state index < -0.39 is 23.7 Å². The van der Waals surface area contributed by atoms with Gasteiger partial charge in [-0.2, -0.15) is 0 Å². The van der Waals surface area contributed by atoms with Gasteiger partial charge in [0.1, 0.15) is 6.54 Å². The summed E-state index contributed by atoms with van der Waals surface area (Å²) in [6.45, 7) is -0.0788. The van der Waals surface area contributed by atoms with E-state index in [2.05, 4.69) is 5.32 Å². The highest BCUT2D eigenvalue weighted by molar-refractivity contribution is 6.33. The van der Waals surface area contributed by atoms with Crippen molar-refractivity contribution >= 4 is 23.2 Å². The Morgan fingerprint density at radius 1 is 0.962 bits per heavy atom. The standard InChI is InChI=1S/C19H16ClN3O3/c20-15-8-4-5-9-16(15)21-17(24)13-23-18(25)10-11-22(19(23)26)12-14-6-2-1-3-7-14/h1-11H,12-13H2,(H,21,24).